The molecule has 176 valence electrons. The van der Waals surface area contributed by atoms with Crippen LogP contribution in [-0.4, -0.2) is 54.7 Å². The Hall–Kier alpha value is -3.54. The number of ether oxygens (including phenoxy) is 1. The molecule has 0 bridgehead atoms. The normalized spacial score (nSPS) is 14.0. The van der Waals surface area contributed by atoms with Crippen molar-refractivity contribution in [2.24, 2.45) is 0 Å². The van der Waals surface area contributed by atoms with Crippen molar-refractivity contribution in [1.29, 1.82) is 0 Å². The smallest absolute Gasteiger partial charge is 0.387 e. The molecule has 4 aromatic rings. The fraction of sp³-hybridized carbons (Fsp3) is 0.318. The number of hydrogen-bond donors (Lipinski definition) is 0. The van der Waals surface area contributed by atoms with Crippen molar-refractivity contribution in [1.82, 2.24) is 35.0 Å². The highest BCUT2D eigenvalue weighted by Crippen LogP contribution is 2.30. The van der Waals surface area contributed by atoms with Crippen LogP contribution in [0.25, 0.3) is 11.4 Å². The molecule has 1 aliphatic rings. The predicted molar refractivity (Wildman–Crippen MR) is 123 cm³/mol. The van der Waals surface area contributed by atoms with Crippen molar-refractivity contribution in [2.45, 2.75) is 36.8 Å². The fourth-order valence-electron chi connectivity index (χ4n) is 3.85. The maximum atomic E-state index is 12.4. The summed E-state index contributed by atoms with van der Waals surface area (Å²) >= 11 is 1.48. The number of tetrazole rings is 1. The van der Waals surface area contributed by atoms with Gasteiger partial charge in [-0.3, -0.25) is 4.57 Å². The van der Waals surface area contributed by atoms with Crippen LogP contribution in [0.2, 0.25) is 0 Å². The number of para-hydroxylation sites is 1. The van der Waals surface area contributed by atoms with Gasteiger partial charge in [0.25, 0.3) is 0 Å². The number of halogens is 2. The summed E-state index contributed by atoms with van der Waals surface area (Å²) in [5.74, 6) is 1.94. The highest BCUT2D eigenvalue weighted by atomic mass is 32.2. The number of rotatable bonds is 8. The van der Waals surface area contributed by atoms with E-state index in [4.69, 9.17) is 0 Å². The van der Waals surface area contributed by atoms with Gasteiger partial charge in [0.15, 0.2) is 11.0 Å². The summed E-state index contributed by atoms with van der Waals surface area (Å²) in [6.45, 7) is -0.958. The molecule has 12 heteroatoms. The highest BCUT2D eigenvalue weighted by Gasteiger charge is 2.22. The van der Waals surface area contributed by atoms with Gasteiger partial charge in [-0.1, -0.05) is 30.0 Å². The zero-order valence-electron chi connectivity index (χ0n) is 18.2. The Morgan fingerprint density at radius 2 is 1.65 bits per heavy atom. The minimum absolute atomic E-state index is 0.0731. The summed E-state index contributed by atoms with van der Waals surface area (Å²) in [6, 6.07) is 16.2. The van der Waals surface area contributed by atoms with Gasteiger partial charge in [0, 0.05) is 13.1 Å². The molecule has 0 spiro atoms. The molecule has 0 radical (unpaired) electrons. The van der Waals surface area contributed by atoms with Crippen molar-refractivity contribution in [2.75, 3.05) is 18.0 Å². The van der Waals surface area contributed by atoms with E-state index in [1.165, 1.54) is 30.3 Å². The number of nitrogens with zero attached hydrogens (tertiary/aromatic N) is 8. The number of hydrogen-bond acceptors (Lipinski definition) is 8. The van der Waals surface area contributed by atoms with Gasteiger partial charge in [-0.25, -0.2) is 0 Å². The zero-order valence-corrected chi connectivity index (χ0v) is 19.0. The van der Waals surface area contributed by atoms with Crippen LogP contribution in [0.5, 0.6) is 5.75 Å². The third kappa shape index (κ3) is 4.86. The second-order valence-corrected chi connectivity index (χ2v) is 8.61. The monoisotopic (exact) mass is 484 g/mol. The second kappa shape index (κ2) is 10.2. The van der Waals surface area contributed by atoms with Crippen molar-refractivity contribution in [3.8, 4) is 17.1 Å². The summed E-state index contributed by atoms with van der Waals surface area (Å²) in [7, 11) is 0. The molecule has 1 fully saturated rings. The quantitative estimate of drug-likeness (QED) is 0.345. The second-order valence-electron chi connectivity index (χ2n) is 7.67. The lowest BCUT2D eigenvalue weighted by Gasteiger charge is -2.27. The maximum absolute atomic E-state index is 12.4. The fourth-order valence-corrected chi connectivity index (χ4v) is 4.70. The molecule has 5 rings (SSSR count). The van der Waals surface area contributed by atoms with Gasteiger partial charge in [0.1, 0.15) is 5.75 Å². The summed E-state index contributed by atoms with van der Waals surface area (Å²) in [5.41, 5.74) is 1.63. The van der Waals surface area contributed by atoms with Crippen molar-refractivity contribution in [3.63, 3.8) is 0 Å². The van der Waals surface area contributed by atoms with Gasteiger partial charge < -0.3 is 9.64 Å². The van der Waals surface area contributed by atoms with E-state index in [0.29, 0.717) is 17.3 Å². The molecule has 2 aromatic heterocycles. The molecule has 1 aliphatic heterocycles. The van der Waals surface area contributed by atoms with E-state index in [-0.39, 0.29) is 5.75 Å². The van der Waals surface area contributed by atoms with E-state index in [9.17, 15) is 8.78 Å². The minimum atomic E-state index is -2.87. The number of piperidine rings is 1. The van der Waals surface area contributed by atoms with Crippen LogP contribution in [0.3, 0.4) is 0 Å². The zero-order chi connectivity index (χ0) is 23.3. The molecule has 0 saturated carbocycles. The predicted octanol–water partition coefficient (Wildman–Crippen LogP) is 4.13. The molecule has 34 heavy (non-hydrogen) atoms. The van der Waals surface area contributed by atoms with E-state index in [0.717, 1.165) is 42.7 Å². The topological polar surface area (TPSA) is 86.8 Å². The van der Waals surface area contributed by atoms with Gasteiger partial charge in [-0.05, 0) is 66.1 Å². The van der Waals surface area contributed by atoms with Gasteiger partial charge >= 0.3 is 6.61 Å². The Labute approximate surface area is 198 Å². The lowest BCUT2D eigenvalue weighted by atomic mass is 10.1. The van der Waals surface area contributed by atoms with Crippen LogP contribution in [0, 0.1) is 0 Å². The van der Waals surface area contributed by atoms with Gasteiger partial charge in [0.05, 0.1) is 17.1 Å². The van der Waals surface area contributed by atoms with E-state index in [1.807, 2.05) is 30.3 Å². The molecule has 0 N–H and O–H groups in total. The maximum Gasteiger partial charge on any atom is 0.387 e. The lowest BCUT2D eigenvalue weighted by molar-refractivity contribution is -0.0498. The summed E-state index contributed by atoms with van der Waals surface area (Å²) in [5, 5.41) is 21.7. The van der Waals surface area contributed by atoms with Crippen LogP contribution in [-0.2, 0) is 5.75 Å². The first-order chi connectivity index (χ1) is 16.7. The average molecular weight is 485 g/mol. The standard InChI is InChI=1S/C22H22F2N8OS/c23-20(24)33-18-11-9-17(10-12-18)32-19(25-28-29-32)15-34-22-27-26-21(30-13-5-2-6-14-30)31(22)16-7-3-1-4-8-16/h1,3-4,7-12,20H,2,5-6,13-15H2. The van der Waals surface area contributed by atoms with Crippen molar-refractivity contribution >= 4 is 17.7 Å². The number of thioether (sulfide) groups is 1. The Bertz CT molecular complexity index is 1210. The molecular formula is C22H22F2N8OS. The van der Waals surface area contributed by atoms with Gasteiger partial charge in [-0.2, -0.15) is 13.5 Å². The van der Waals surface area contributed by atoms with E-state index in [1.54, 1.807) is 16.8 Å². The molecule has 1 saturated heterocycles. The van der Waals surface area contributed by atoms with Crippen LogP contribution in [0.4, 0.5) is 14.7 Å². The van der Waals surface area contributed by atoms with Crippen molar-refractivity contribution < 1.29 is 13.5 Å². The first-order valence-corrected chi connectivity index (χ1v) is 11.9. The number of alkyl halides is 2. The molecule has 9 nitrogen and oxygen atoms in total. The minimum Gasteiger partial charge on any atom is -0.435 e. The third-order valence-corrected chi connectivity index (χ3v) is 6.37. The largest absolute Gasteiger partial charge is 0.435 e. The Balaban J connectivity index is 1.38. The first-order valence-electron chi connectivity index (χ1n) is 10.9. The first kappa shape index (κ1) is 22.3. The molecular weight excluding hydrogens is 462 g/mol. The summed E-state index contributed by atoms with van der Waals surface area (Å²) < 4.78 is 32.9. The van der Waals surface area contributed by atoms with E-state index >= 15 is 0 Å². The van der Waals surface area contributed by atoms with Crippen molar-refractivity contribution in [3.05, 3.63) is 60.4 Å². The lowest BCUT2D eigenvalue weighted by Crippen LogP contribution is -2.31. The average Bonchev–Trinajstić information content (AvgIpc) is 3.51. The third-order valence-electron chi connectivity index (χ3n) is 5.44. The Kier molecular flexibility index (Phi) is 6.65. The SMILES string of the molecule is FC(F)Oc1ccc(-n2nnnc2CSc2nnc(N3CCCCC3)n2-c2ccccc2)cc1. The molecule has 0 aliphatic carbocycles. The van der Waals surface area contributed by atoms with Crippen LogP contribution in [0.15, 0.2) is 59.8 Å². The molecule has 3 heterocycles. The summed E-state index contributed by atoms with van der Waals surface area (Å²) in [6.07, 6.45) is 3.51. The Morgan fingerprint density at radius 3 is 2.38 bits per heavy atom. The number of aromatic nitrogens is 7. The van der Waals surface area contributed by atoms with Gasteiger partial charge in [0.2, 0.25) is 5.95 Å². The molecule has 0 amide bonds. The number of anilines is 1. The molecule has 0 atom stereocenters. The van der Waals surface area contributed by atoms with Crippen LogP contribution < -0.4 is 9.64 Å². The van der Waals surface area contributed by atoms with Crippen LogP contribution in [0.1, 0.15) is 25.1 Å². The Morgan fingerprint density at radius 1 is 0.882 bits per heavy atom. The summed E-state index contributed by atoms with van der Waals surface area (Å²) in [4.78, 5) is 2.28. The van der Waals surface area contributed by atoms with Gasteiger partial charge in [-0.15, -0.1) is 15.3 Å². The van der Waals surface area contributed by atoms with Crippen LogP contribution >= 0.6 is 11.8 Å². The number of benzene rings is 2. The molecule has 2 aromatic carbocycles. The molecule has 0 unspecified atom stereocenters. The van der Waals surface area contributed by atoms with E-state index < -0.39 is 6.61 Å². The van der Waals surface area contributed by atoms with E-state index in [2.05, 4.69) is 39.9 Å². The highest BCUT2D eigenvalue weighted by molar-refractivity contribution is 7.98.